The van der Waals surface area contributed by atoms with E-state index in [2.05, 4.69) is 22.4 Å². The summed E-state index contributed by atoms with van der Waals surface area (Å²) in [4.78, 5) is 17.4. The molecule has 1 aromatic rings. The van der Waals surface area contributed by atoms with Crippen LogP contribution in [0.25, 0.3) is 0 Å². The van der Waals surface area contributed by atoms with Crippen LogP contribution in [0, 0.1) is 0 Å². The minimum atomic E-state index is -0.450. The van der Waals surface area contributed by atoms with Crippen LogP contribution in [0.5, 0.6) is 0 Å². The Kier molecular flexibility index (Phi) is 5.54. The van der Waals surface area contributed by atoms with E-state index in [1.165, 1.54) is 4.88 Å². The molecule has 2 atom stereocenters. The number of amides is 1. The first-order valence-corrected chi connectivity index (χ1v) is 7.83. The van der Waals surface area contributed by atoms with Crippen LogP contribution >= 0.6 is 11.3 Å². The fourth-order valence-electron chi connectivity index (χ4n) is 2.45. The van der Waals surface area contributed by atoms with Crippen LogP contribution in [0.15, 0.2) is 17.5 Å². The molecule has 1 saturated heterocycles. The zero-order valence-electron chi connectivity index (χ0n) is 12.1. The molecule has 1 aromatic heterocycles. The van der Waals surface area contributed by atoms with Gasteiger partial charge in [-0.05, 0) is 18.4 Å². The third-order valence-electron chi connectivity index (χ3n) is 3.57. The molecule has 2 N–H and O–H groups in total. The van der Waals surface area contributed by atoms with Crippen molar-refractivity contribution in [3.05, 3.63) is 22.4 Å². The summed E-state index contributed by atoms with van der Waals surface area (Å²) < 4.78 is 5.42. The largest absolute Gasteiger partial charge is 0.379 e. The van der Waals surface area contributed by atoms with E-state index in [4.69, 9.17) is 10.5 Å². The van der Waals surface area contributed by atoms with Gasteiger partial charge in [0.1, 0.15) is 0 Å². The number of hydrogen-bond acceptors (Lipinski definition) is 5. The van der Waals surface area contributed by atoms with Crippen molar-refractivity contribution in [2.24, 2.45) is 5.73 Å². The highest BCUT2D eigenvalue weighted by Crippen LogP contribution is 2.26. The second-order valence-electron chi connectivity index (χ2n) is 5.19. The van der Waals surface area contributed by atoms with Gasteiger partial charge in [-0.25, -0.2) is 0 Å². The number of nitrogens with zero attached hydrogens (tertiary/aromatic N) is 2. The maximum atomic E-state index is 12.0. The van der Waals surface area contributed by atoms with Gasteiger partial charge in [0.25, 0.3) is 0 Å². The van der Waals surface area contributed by atoms with Crippen molar-refractivity contribution in [1.82, 2.24) is 9.80 Å². The molecule has 1 unspecified atom stereocenters. The molecule has 0 radical (unpaired) electrons. The molecule has 112 valence electrons. The van der Waals surface area contributed by atoms with E-state index in [0.717, 1.165) is 26.3 Å². The zero-order valence-corrected chi connectivity index (χ0v) is 12.9. The molecule has 2 rings (SSSR count). The lowest BCUT2D eigenvalue weighted by molar-refractivity contribution is -0.131. The Morgan fingerprint density at radius 3 is 2.80 bits per heavy atom. The number of hydrogen-bond donors (Lipinski definition) is 1. The number of thiophene rings is 1. The molecule has 0 saturated carbocycles. The van der Waals surface area contributed by atoms with Gasteiger partial charge in [-0.3, -0.25) is 9.69 Å². The van der Waals surface area contributed by atoms with Gasteiger partial charge in [0.15, 0.2) is 0 Å². The average Bonchev–Trinajstić information content (AvgIpc) is 2.98. The fraction of sp³-hybridized carbons (Fsp3) is 0.643. The van der Waals surface area contributed by atoms with Gasteiger partial charge in [-0.15, -0.1) is 11.3 Å². The summed E-state index contributed by atoms with van der Waals surface area (Å²) in [6.07, 6.45) is 0. The maximum Gasteiger partial charge on any atom is 0.239 e. The van der Waals surface area contributed by atoms with Crippen molar-refractivity contribution in [2.45, 2.75) is 19.0 Å². The Bertz CT molecular complexity index is 416. The van der Waals surface area contributed by atoms with E-state index in [1.54, 1.807) is 23.2 Å². The summed E-state index contributed by atoms with van der Waals surface area (Å²) in [5.41, 5.74) is 5.69. The smallest absolute Gasteiger partial charge is 0.239 e. The molecule has 0 bridgehead atoms. The lowest BCUT2D eigenvalue weighted by Gasteiger charge is -2.36. The van der Waals surface area contributed by atoms with Gasteiger partial charge < -0.3 is 15.4 Å². The van der Waals surface area contributed by atoms with Crippen molar-refractivity contribution in [3.8, 4) is 0 Å². The molecule has 1 aliphatic rings. The maximum absolute atomic E-state index is 12.0. The Hall–Kier alpha value is -0.950. The monoisotopic (exact) mass is 297 g/mol. The third-order valence-corrected chi connectivity index (χ3v) is 4.54. The number of nitrogens with two attached hydrogens (primary N) is 1. The summed E-state index contributed by atoms with van der Waals surface area (Å²) in [6, 6.07) is 3.97. The molecular formula is C14H23N3O2S. The molecule has 2 heterocycles. The first-order valence-electron chi connectivity index (χ1n) is 6.95. The quantitative estimate of drug-likeness (QED) is 0.878. The summed E-state index contributed by atoms with van der Waals surface area (Å²) >= 11 is 1.74. The standard InChI is InChI=1S/C14H23N3O2S/c1-11(15)14(18)16(2)10-12(13-4-3-9-20-13)17-5-7-19-8-6-17/h3-4,9,11-12H,5-8,10,15H2,1-2H3/t11-,12?/m1/s1. The van der Waals surface area contributed by atoms with Gasteiger partial charge in [-0.2, -0.15) is 0 Å². The molecule has 1 aliphatic heterocycles. The zero-order chi connectivity index (χ0) is 14.5. The van der Waals surface area contributed by atoms with Crippen molar-refractivity contribution in [3.63, 3.8) is 0 Å². The molecule has 1 fully saturated rings. The first-order chi connectivity index (χ1) is 9.59. The molecule has 0 spiro atoms. The number of carbonyl (C=O) groups is 1. The molecule has 0 aromatic carbocycles. The molecule has 6 heteroatoms. The average molecular weight is 297 g/mol. The Labute approximate surface area is 124 Å². The van der Waals surface area contributed by atoms with E-state index in [1.807, 2.05) is 7.05 Å². The predicted octanol–water partition coefficient (Wildman–Crippen LogP) is 0.927. The van der Waals surface area contributed by atoms with Gasteiger partial charge in [0.05, 0.1) is 25.3 Å². The highest BCUT2D eigenvalue weighted by atomic mass is 32.1. The van der Waals surface area contributed by atoms with E-state index >= 15 is 0 Å². The molecule has 5 nitrogen and oxygen atoms in total. The van der Waals surface area contributed by atoms with Crippen molar-refractivity contribution in [2.75, 3.05) is 39.9 Å². The Morgan fingerprint density at radius 2 is 2.25 bits per heavy atom. The number of ether oxygens (including phenoxy) is 1. The molecule has 20 heavy (non-hydrogen) atoms. The second kappa shape index (κ2) is 7.17. The van der Waals surface area contributed by atoms with E-state index < -0.39 is 6.04 Å². The number of morpholine rings is 1. The molecule has 1 amide bonds. The van der Waals surface area contributed by atoms with Crippen molar-refractivity contribution < 1.29 is 9.53 Å². The second-order valence-corrected chi connectivity index (χ2v) is 6.17. The minimum absolute atomic E-state index is 0.0141. The predicted molar refractivity (Wildman–Crippen MR) is 80.7 cm³/mol. The lowest BCUT2D eigenvalue weighted by atomic mass is 10.1. The first kappa shape index (κ1) is 15.4. The molecule has 0 aliphatic carbocycles. The van der Waals surface area contributed by atoms with Gasteiger partial charge >= 0.3 is 0 Å². The Morgan fingerprint density at radius 1 is 1.55 bits per heavy atom. The van der Waals surface area contributed by atoms with E-state index in [9.17, 15) is 4.79 Å². The van der Waals surface area contributed by atoms with Gasteiger partial charge in [-0.1, -0.05) is 6.07 Å². The van der Waals surface area contributed by atoms with Crippen LogP contribution in [0.2, 0.25) is 0 Å². The highest BCUT2D eigenvalue weighted by Gasteiger charge is 2.26. The van der Waals surface area contributed by atoms with Gasteiger partial charge in [0, 0.05) is 31.6 Å². The van der Waals surface area contributed by atoms with E-state index in [-0.39, 0.29) is 11.9 Å². The van der Waals surface area contributed by atoms with Crippen LogP contribution < -0.4 is 5.73 Å². The van der Waals surface area contributed by atoms with Gasteiger partial charge in [0.2, 0.25) is 5.91 Å². The SMILES string of the molecule is C[C@@H](N)C(=O)N(C)CC(c1cccs1)N1CCOCC1. The van der Waals surface area contributed by atoms with Crippen LogP contribution in [-0.4, -0.2) is 61.6 Å². The van der Waals surface area contributed by atoms with Crippen molar-refractivity contribution in [1.29, 1.82) is 0 Å². The lowest BCUT2D eigenvalue weighted by Crippen LogP contribution is -2.47. The van der Waals surface area contributed by atoms with Crippen molar-refractivity contribution >= 4 is 17.2 Å². The van der Waals surface area contributed by atoms with E-state index in [0.29, 0.717) is 6.54 Å². The fourth-order valence-corrected chi connectivity index (χ4v) is 3.30. The number of rotatable bonds is 5. The summed E-state index contributed by atoms with van der Waals surface area (Å²) in [7, 11) is 1.83. The highest BCUT2D eigenvalue weighted by molar-refractivity contribution is 7.10. The topological polar surface area (TPSA) is 58.8 Å². The number of likely N-dealkylation sites (N-methyl/N-ethyl adjacent to an activating group) is 1. The van der Waals surface area contributed by atoms with Crippen LogP contribution in [0.1, 0.15) is 17.8 Å². The molecular weight excluding hydrogens is 274 g/mol. The number of carbonyl (C=O) groups excluding carboxylic acids is 1. The summed E-state index contributed by atoms with van der Waals surface area (Å²) in [5.74, 6) is -0.0141. The summed E-state index contributed by atoms with van der Waals surface area (Å²) in [5, 5.41) is 2.08. The van der Waals surface area contributed by atoms with Crippen LogP contribution in [-0.2, 0) is 9.53 Å². The van der Waals surface area contributed by atoms with Crippen LogP contribution in [0.3, 0.4) is 0 Å². The minimum Gasteiger partial charge on any atom is -0.379 e. The summed E-state index contributed by atoms with van der Waals surface area (Å²) in [6.45, 7) is 5.72. The normalized spacial score (nSPS) is 19.6. The van der Waals surface area contributed by atoms with Crippen LogP contribution in [0.4, 0.5) is 0 Å². The third kappa shape index (κ3) is 3.79. The Balaban J connectivity index is 2.08.